The third-order valence-electron chi connectivity index (χ3n) is 3.94. The number of rotatable bonds is 3. The van der Waals surface area contributed by atoms with E-state index in [1.165, 1.54) is 12.1 Å². The third-order valence-corrected chi connectivity index (χ3v) is 3.94. The summed E-state index contributed by atoms with van der Waals surface area (Å²) in [6.07, 6.45) is -2.55. The van der Waals surface area contributed by atoms with Crippen molar-refractivity contribution < 1.29 is 18.0 Å². The van der Waals surface area contributed by atoms with Crippen LogP contribution in [-0.2, 0) is 6.18 Å². The maximum Gasteiger partial charge on any atom is 0.416 e. The van der Waals surface area contributed by atoms with Gasteiger partial charge in [0.2, 0.25) is 0 Å². The number of benzene rings is 1. The van der Waals surface area contributed by atoms with Crippen molar-refractivity contribution in [1.29, 1.82) is 0 Å². The van der Waals surface area contributed by atoms with Crippen LogP contribution in [0.4, 0.5) is 13.2 Å². The van der Waals surface area contributed by atoms with Gasteiger partial charge in [0.1, 0.15) is 0 Å². The highest BCUT2D eigenvalue weighted by molar-refractivity contribution is 5.94. The predicted molar refractivity (Wildman–Crippen MR) is 74.0 cm³/mol. The first-order chi connectivity index (χ1) is 9.80. The van der Waals surface area contributed by atoms with Crippen LogP contribution < -0.4 is 10.6 Å². The quantitative estimate of drug-likeness (QED) is 0.901. The summed E-state index contributed by atoms with van der Waals surface area (Å²) in [7, 11) is 0. The number of carbonyl (C=O) groups is 1. The van der Waals surface area contributed by atoms with E-state index in [2.05, 4.69) is 17.6 Å². The van der Waals surface area contributed by atoms with Gasteiger partial charge < -0.3 is 10.6 Å². The zero-order valence-corrected chi connectivity index (χ0v) is 11.9. The summed E-state index contributed by atoms with van der Waals surface area (Å²) in [6.45, 7) is 4.36. The highest BCUT2D eigenvalue weighted by Gasteiger charge is 2.31. The van der Waals surface area contributed by atoms with Crippen LogP contribution in [-0.4, -0.2) is 25.5 Å². The van der Waals surface area contributed by atoms with Gasteiger partial charge in [0.25, 0.3) is 5.91 Å². The molecule has 0 unspecified atom stereocenters. The lowest BCUT2D eigenvalue weighted by Gasteiger charge is -2.34. The van der Waals surface area contributed by atoms with Gasteiger partial charge in [0.15, 0.2) is 0 Å². The zero-order valence-electron chi connectivity index (χ0n) is 11.9. The van der Waals surface area contributed by atoms with Gasteiger partial charge in [-0.15, -0.1) is 0 Å². The number of hydrogen-bond donors (Lipinski definition) is 2. The van der Waals surface area contributed by atoms with Gasteiger partial charge in [-0.25, -0.2) is 0 Å². The molecule has 0 aliphatic carbocycles. The maximum atomic E-state index is 12.6. The number of amides is 1. The number of nitrogens with one attached hydrogen (secondary N) is 2. The molecule has 1 heterocycles. The summed E-state index contributed by atoms with van der Waals surface area (Å²) in [5.74, 6) is -0.458. The minimum Gasteiger partial charge on any atom is -0.351 e. The molecule has 0 bridgehead atoms. The van der Waals surface area contributed by atoms with Crippen LogP contribution in [0.25, 0.3) is 0 Å². The number of hydrogen-bond acceptors (Lipinski definition) is 2. The van der Waals surface area contributed by atoms with E-state index < -0.39 is 17.6 Å². The molecule has 0 aromatic heterocycles. The Morgan fingerprint density at radius 2 is 2.00 bits per heavy atom. The second-order valence-electron chi connectivity index (χ2n) is 5.82. The van der Waals surface area contributed by atoms with Crippen molar-refractivity contribution in [3.8, 4) is 0 Å². The molecule has 1 aliphatic rings. The molecule has 3 nitrogen and oxygen atoms in total. The Hall–Kier alpha value is -1.56. The number of halogens is 3. The fraction of sp³-hybridized carbons (Fsp3) is 0.533. The normalized spacial score (nSPS) is 18.3. The Morgan fingerprint density at radius 3 is 2.62 bits per heavy atom. The Kier molecular flexibility index (Phi) is 4.56. The number of carbonyl (C=O) groups excluding carboxylic acids is 1. The molecular formula is C15H19F3N2O. The molecule has 2 N–H and O–H groups in total. The standard InChI is InChI=1S/C15H19F3N2O/c1-14(5-7-19-8-6-14)10-20-13(21)11-3-2-4-12(9-11)15(16,17)18/h2-4,9,19H,5-8,10H2,1H3,(H,20,21). The van der Waals surface area contributed by atoms with Crippen LogP contribution >= 0.6 is 0 Å². The van der Waals surface area contributed by atoms with Crippen molar-refractivity contribution in [2.45, 2.75) is 25.9 Å². The van der Waals surface area contributed by atoms with Crippen LogP contribution in [0.15, 0.2) is 24.3 Å². The van der Waals surface area contributed by atoms with Crippen LogP contribution in [0.5, 0.6) is 0 Å². The van der Waals surface area contributed by atoms with Crippen LogP contribution in [0.3, 0.4) is 0 Å². The first-order valence-electron chi connectivity index (χ1n) is 6.96. The van der Waals surface area contributed by atoms with Crippen molar-refractivity contribution in [2.24, 2.45) is 5.41 Å². The topological polar surface area (TPSA) is 41.1 Å². The molecule has 1 aromatic carbocycles. The monoisotopic (exact) mass is 300 g/mol. The average molecular weight is 300 g/mol. The van der Waals surface area contributed by atoms with Gasteiger partial charge in [-0.1, -0.05) is 13.0 Å². The minimum absolute atomic E-state index is 0.00253. The van der Waals surface area contributed by atoms with Gasteiger partial charge in [0, 0.05) is 12.1 Å². The maximum absolute atomic E-state index is 12.6. The summed E-state index contributed by atoms with van der Waals surface area (Å²) < 4.78 is 37.9. The highest BCUT2D eigenvalue weighted by atomic mass is 19.4. The van der Waals surface area contributed by atoms with Crippen molar-refractivity contribution >= 4 is 5.91 Å². The fourth-order valence-electron chi connectivity index (χ4n) is 2.44. The van der Waals surface area contributed by atoms with E-state index in [0.717, 1.165) is 38.1 Å². The van der Waals surface area contributed by atoms with Gasteiger partial charge in [0.05, 0.1) is 5.56 Å². The number of alkyl halides is 3. The predicted octanol–water partition coefficient (Wildman–Crippen LogP) is 2.82. The molecule has 1 fully saturated rings. The zero-order chi connectivity index (χ0) is 15.5. The van der Waals surface area contributed by atoms with Crippen LogP contribution in [0.1, 0.15) is 35.7 Å². The van der Waals surface area contributed by atoms with Gasteiger partial charge >= 0.3 is 6.18 Å². The van der Waals surface area contributed by atoms with Gasteiger partial charge in [-0.05, 0) is 49.5 Å². The molecule has 0 saturated carbocycles. The average Bonchev–Trinajstić information content (AvgIpc) is 2.45. The smallest absolute Gasteiger partial charge is 0.351 e. The molecule has 6 heteroatoms. The van der Waals surface area contributed by atoms with E-state index in [4.69, 9.17) is 0 Å². The first-order valence-corrected chi connectivity index (χ1v) is 6.96. The Balaban J connectivity index is 2.00. The molecule has 0 spiro atoms. The molecule has 1 saturated heterocycles. The number of piperidine rings is 1. The Labute approximate surface area is 121 Å². The molecule has 2 rings (SSSR count). The van der Waals surface area contributed by atoms with E-state index >= 15 is 0 Å². The van der Waals surface area contributed by atoms with E-state index in [-0.39, 0.29) is 11.0 Å². The Bertz CT molecular complexity index is 508. The summed E-state index contributed by atoms with van der Waals surface area (Å²) in [5, 5.41) is 6.00. The van der Waals surface area contributed by atoms with Crippen molar-refractivity contribution in [3.05, 3.63) is 35.4 Å². The molecule has 1 aromatic rings. The lowest BCUT2D eigenvalue weighted by atomic mass is 9.81. The largest absolute Gasteiger partial charge is 0.416 e. The third kappa shape index (κ3) is 4.20. The highest BCUT2D eigenvalue weighted by Crippen LogP contribution is 2.30. The lowest BCUT2D eigenvalue weighted by molar-refractivity contribution is -0.137. The lowest BCUT2D eigenvalue weighted by Crippen LogP contribution is -2.42. The molecule has 21 heavy (non-hydrogen) atoms. The van der Waals surface area contributed by atoms with Gasteiger partial charge in [-0.2, -0.15) is 13.2 Å². The SMILES string of the molecule is CC1(CNC(=O)c2cccc(C(F)(F)F)c2)CCNCC1. The summed E-state index contributed by atoms with van der Waals surface area (Å²) in [6, 6.07) is 4.50. The molecule has 0 atom stereocenters. The second-order valence-corrected chi connectivity index (χ2v) is 5.82. The first kappa shape index (κ1) is 15.8. The van der Waals surface area contributed by atoms with E-state index in [9.17, 15) is 18.0 Å². The molecular weight excluding hydrogens is 281 g/mol. The minimum atomic E-state index is -4.43. The molecule has 116 valence electrons. The van der Waals surface area contributed by atoms with E-state index in [1.54, 1.807) is 0 Å². The van der Waals surface area contributed by atoms with Crippen molar-refractivity contribution in [1.82, 2.24) is 10.6 Å². The fourth-order valence-corrected chi connectivity index (χ4v) is 2.44. The van der Waals surface area contributed by atoms with Crippen molar-refractivity contribution in [3.63, 3.8) is 0 Å². The molecule has 1 aliphatic heterocycles. The molecule has 0 radical (unpaired) electrons. The summed E-state index contributed by atoms with van der Waals surface area (Å²) in [4.78, 5) is 12.0. The van der Waals surface area contributed by atoms with E-state index in [0.29, 0.717) is 6.54 Å². The van der Waals surface area contributed by atoms with Crippen LogP contribution in [0.2, 0.25) is 0 Å². The van der Waals surface area contributed by atoms with Crippen molar-refractivity contribution in [2.75, 3.05) is 19.6 Å². The summed E-state index contributed by atoms with van der Waals surface area (Å²) >= 11 is 0. The molecule has 1 amide bonds. The second kappa shape index (κ2) is 6.05. The Morgan fingerprint density at radius 1 is 1.33 bits per heavy atom. The van der Waals surface area contributed by atoms with E-state index in [1.807, 2.05) is 0 Å². The van der Waals surface area contributed by atoms with Gasteiger partial charge in [-0.3, -0.25) is 4.79 Å². The van der Waals surface area contributed by atoms with Crippen LogP contribution in [0, 0.1) is 5.41 Å². The summed E-state index contributed by atoms with van der Waals surface area (Å²) in [5.41, 5.74) is -0.756.